The van der Waals surface area contributed by atoms with E-state index < -0.39 is 0 Å². The van der Waals surface area contributed by atoms with E-state index in [1.54, 1.807) is 6.08 Å². The Hall–Kier alpha value is -2.12. The lowest BCUT2D eigenvalue weighted by atomic mass is 10.1. The van der Waals surface area contributed by atoms with Crippen LogP contribution in [0.5, 0.6) is 0 Å². The summed E-state index contributed by atoms with van der Waals surface area (Å²) in [5.74, 6) is -0.344. The normalized spacial score (nSPS) is 18.6. The fourth-order valence-corrected chi connectivity index (χ4v) is 2.09. The molecular weight excluding hydrogens is 252 g/mol. The van der Waals surface area contributed by atoms with Gasteiger partial charge in [-0.1, -0.05) is 29.8 Å². The number of carbonyl (C=O) groups excluding carboxylic acids is 1. The van der Waals surface area contributed by atoms with Crippen LogP contribution in [0.1, 0.15) is 24.0 Å². The van der Waals surface area contributed by atoms with Crippen molar-refractivity contribution in [2.24, 2.45) is 0 Å². The summed E-state index contributed by atoms with van der Waals surface area (Å²) in [4.78, 5) is 11.9. The van der Waals surface area contributed by atoms with Crippen LogP contribution in [0.2, 0.25) is 0 Å². The zero-order chi connectivity index (χ0) is 14.4. The fourth-order valence-electron chi connectivity index (χ4n) is 2.09. The molecule has 1 fully saturated rings. The smallest absolute Gasteiger partial charge is 0.262 e. The molecule has 1 aliphatic heterocycles. The van der Waals surface area contributed by atoms with Crippen LogP contribution >= 0.6 is 0 Å². The lowest BCUT2D eigenvalue weighted by molar-refractivity contribution is -0.117. The van der Waals surface area contributed by atoms with E-state index in [0.29, 0.717) is 6.54 Å². The first-order valence-corrected chi connectivity index (χ1v) is 6.77. The molecule has 1 atom stereocenters. The number of amides is 1. The first-order chi connectivity index (χ1) is 9.69. The molecule has 1 aliphatic rings. The van der Waals surface area contributed by atoms with Crippen molar-refractivity contribution in [1.82, 2.24) is 5.32 Å². The van der Waals surface area contributed by atoms with Gasteiger partial charge in [0.1, 0.15) is 11.6 Å². The van der Waals surface area contributed by atoms with Crippen LogP contribution in [-0.4, -0.2) is 25.2 Å². The Morgan fingerprint density at radius 1 is 1.50 bits per heavy atom. The fraction of sp³-hybridized carbons (Fsp3) is 0.375. The van der Waals surface area contributed by atoms with Crippen molar-refractivity contribution in [3.05, 3.63) is 41.0 Å². The SMILES string of the molecule is Cc1ccc(C=C(C#N)C(=O)NCC2CCCO2)cc1. The zero-order valence-electron chi connectivity index (χ0n) is 11.6. The molecule has 1 amide bonds. The predicted octanol–water partition coefficient (Wildman–Crippen LogP) is 2.20. The topological polar surface area (TPSA) is 62.1 Å². The van der Waals surface area contributed by atoms with Crippen LogP contribution in [0.4, 0.5) is 0 Å². The van der Waals surface area contributed by atoms with E-state index in [0.717, 1.165) is 30.6 Å². The van der Waals surface area contributed by atoms with Crippen molar-refractivity contribution in [2.75, 3.05) is 13.2 Å². The van der Waals surface area contributed by atoms with Crippen LogP contribution in [-0.2, 0) is 9.53 Å². The highest BCUT2D eigenvalue weighted by Gasteiger charge is 2.17. The summed E-state index contributed by atoms with van der Waals surface area (Å²) >= 11 is 0. The van der Waals surface area contributed by atoms with Crippen molar-refractivity contribution in [2.45, 2.75) is 25.9 Å². The minimum absolute atomic E-state index is 0.0817. The Balaban J connectivity index is 1.97. The van der Waals surface area contributed by atoms with Gasteiger partial charge in [0.2, 0.25) is 0 Å². The quantitative estimate of drug-likeness (QED) is 0.674. The number of nitriles is 1. The second-order valence-electron chi connectivity index (χ2n) is 4.93. The molecule has 0 bridgehead atoms. The van der Waals surface area contributed by atoms with Crippen LogP contribution in [0.15, 0.2) is 29.8 Å². The number of hydrogen-bond acceptors (Lipinski definition) is 3. The second kappa shape index (κ2) is 6.88. The predicted molar refractivity (Wildman–Crippen MR) is 76.8 cm³/mol. The average Bonchev–Trinajstić information content (AvgIpc) is 2.97. The number of nitrogens with zero attached hydrogens (tertiary/aromatic N) is 1. The molecule has 0 spiro atoms. The Bertz CT molecular complexity index is 535. The molecule has 2 rings (SSSR count). The summed E-state index contributed by atoms with van der Waals surface area (Å²) in [6.45, 7) is 3.21. The highest BCUT2D eigenvalue weighted by atomic mass is 16.5. The molecule has 1 N–H and O–H groups in total. The second-order valence-corrected chi connectivity index (χ2v) is 4.93. The number of ether oxygens (including phenoxy) is 1. The van der Waals surface area contributed by atoms with Crippen LogP contribution in [0.25, 0.3) is 6.08 Å². The summed E-state index contributed by atoms with van der Waals surface area (Å²) in [6.07, 6.45) is 3.68. The van der Waals surface area contributed by atoms with Crippen molar-refractivity contribution in [3.63, 3.8) is 0 Å². The molecular formula is C16H18N2O2. The van der Waals surface area contributed by atoms with E-state index in [1.165, 1.54) is 0 Å². The van der Waals surface area contributed by atoms with Crippen molar-refractivity contribution < 1.29 is 9.53 Å². The highest BCUT2D eigenvalue weighted by molar-refractivity contribution is 6.01. The average molecular weight is 270 g/mol. The molecule has 0 radical (unpaired) electrons. The van der Waals surface area contributed by atoms with Gasteiger partial charge in [-0.05, 0) is 31.4 Å². The van der Waals surface area contributed by atoms with Gasteiger partial charge in [0.15, 0.2) is 0 Å². The maximum atomic E-state index is 11.9. The monoisotopic (exact) mass is 270 g/mol. The Labute approximate surface area is 119 Å². The third-order valence-corrected chi connectivity index (χ3v) is 3.27. The Morgan fingerprint density at radius 3 is 2.85 bits per heavy atom. The molecule has 104 valence electrons. The van der Waals surface area contributed by atoms with Gasteiger partial charge in [-0.2, -0.15) is 5.26 Å². The van der Waals surface area contributed by atoms with Gasteiger partial charge in [0, 0.05) is 13.2 Å². The number of aryl methyl sites for hydroxylation is 1. The number of hydrogen-bond donors (Lipinski definition) is 1. The minimum atomic E-state index is -0.344. The van der Waals surface area contributed by atoms with E-state index in [2.05, 4.69) is 5.32 Å². The molecule has 20 heavy (non-hydrogen) atoms. The largest absolute Gasteiger partial charge is 0.376 e. The molecule has 1 aromatic rings. The molecule has 0 saturated carbocycles. The lowest BCUT2D eigenvalue weighted by Gasteiger charge is -2.10. The van der Waals surface area contributed by atoms with E-state index in [9.17, 15) is 4.79 Å². The first-order valence-electron chi connectivity index (χ1n) is 6.77. The van der Waals surface area contributed by atoms with Crippen molar-refractivity contribution >= 4 is 12.0 Å². The third-order valence-electron chi connectivity index (χ3n) is 3.27. The third kappa shape index (κ3) is 3.94. The Morgan fingerprint density at radius 2 is 2.25 bits per heavy atom. The van der Waals surface area contributed by atoms with E-state index in [-0.39, 0.29) is 17.6 Å². The summed E-state index contributed by atoms with van der Waals surface area (Å²) in [5, 5.41) is 11.8. The number of benzene rings is 1. The molecule has 1 unspecified atom stereocenters. The summed E-state index contributed by atoms with van der Waals surface area (Å²) in [6, 6.07) is 9.63. The number of carbonyl (C=O) groups is 1. The van der Waals surface area contributed by atoms with E-state index in [4.69, 9.17) is 10.00 Å². The Kier molecular flexibility index (Phi) is 4.91. The maximum absolute atomic E-state index is 11.9. The highest BCUT2D eigenvalue weighted by Crippen LogP contribution is 2.11. The minimum Gasteiger partial charge on any atom is -0.376 e. The zero-order valence-corrected chi connectivity index (χ0v) is 11.6. The maximum Gasteiger partial charge on any atom is 0.262 e. The standard InChI is InChI=1S/C16H18N2O2/c1-12-4-6-13(7-5-12)9-14(10-17)16(19)18-11-15-3-2-8-20-15/h4-7,9,15H,2-3,8,11H2,1H3,(H,18,19). The molecule has 0 aromatic heterocycles. The van der Waals surface area contributed by atoms with Crippen molar-refractivity contribution in [3.8, 4) is 6.07 Å². The molecule has 4 nitrogen and oxygen atoms in total. The van der Waals surface area contributed by atoms with E-state index in [1.807, 2.05) is 37.3 Å². The van der Waals surface area contributed by atoms with Crippen LogP contribution < -0.4 is 5.32 Å². The first kappa shape index (κ1) is 14.3. The van der Waals surface area contributed by atoms with Crippen LogP contribution in [0, 0.1) is 18.3 Å². The van der Waals surface area contributed by atoms with Gasteiger partial charge < -0.3 is 10.1 Å². The van der Waals surface area contributed by atoms with Crippen molar-refractivity contribution in [1.29, 1.82) is 5.26 Å². The molecule has 1 heterocycles. The van der Waals surface area contributed by atoms with Gasteiger partial charge in [-0.25, -0.2) is 0 Å². The van der Waals surface area contributed by atoms with Gasteiger partial charge in [0.05, 0.1) is 6.10 Å². The summed E-state index contributed by atoms with van der Waals surface area (Å²) in [5.41, 5.74) is 2.11. The van der Waals surface area contributed by atoms with Gasteiger partial charge >= 0.3 is 0 Å². The van der Waals surface area contributed by atoms with Gasteiger partial charge in [-0.15, -0.1) is 0 Å². The van der Waals surface area contributed by atoms with Crippen LogP contribution in [0.3, 0.4) is 0 Å². The molecule has 0 aliphatic carbocycles. The van der Waals surface area contributed by atoms with Gasteiger partial charge in [0.25, 0.3) is 5.91 Å². The molecule has 1 saturated heterocycles. The van der Waals surface area contributed by atoms with Gasteiger partial charge in [-0.3, -0.25) is 4.79 Å². The summed E-state index contributed by atoms with van der Waals surface area (Å²) in [7, 11) is 0. The summed E-state index contributed by atoms with van der Waals surface area (Å²) < 4.78 is 5.43. The number of rotatable bonds is 4. The molecule has 4 heteroatoms. The number of nitrogens with one attached hydrogen (secondary N) is 1. The molecule has 1 aromatic carbocycles. The van der Waals surface area contributed by atoms with E-state index >= 15 is 0 Å². The lowest BCUT2D eigenvalue weighted by Crippen LogP contribution is -2.32.